The van der Waals surface area contributed by atoms with E-state index in [1.54, 1.807) is 55.6 Å². The summed E-state index contributed by atoms with van der Waals surface area (Å²) in [6.45, 7) is 1.68. The van der Waals surface area contributed by atoms with Crippen LogP contribution in [0.1, 0.15) is 11.1 Å². The van der Waals surface area contributed by atoms with Crippen LogP contribution in [0.15, 0.2) is 78.4 Å². The van der Waals surface area contributed by atoms with Gasteiger partial charge in [-0.25, -0.2) is 0 Å². The van der Waals surface area contributed by atoms with E-state index in [1.165, 1.54) is 6.08 Å². The van der Waals surface area contributed by atoms with Crippen molar-refractivity contribution in [3.63, 3.8) is 0 Å². The van der Waals surface area contributed by atoms with E-state index in [1.807, 2.05) is 37.3 Å². The summed E-state index contributed by atoms with van der Waals surface area (Å²) in [5.41, 5.74) is 2.57. The van der Waals surface area contributed by atoms with Gasteiger partial charge in [-0.1, -0.05) is 36.4 Å². The lowest BCUT2D eigenvalue weighted by Crippen LogP contribution is -2.20. The van der Waals surface area contributed by atoms with Gasteiger partial charge in [0.2, 0.25) is 0 Å². The molecule has 0 heterocycles. The monoisotopic (exact) mass is 441 g/mol. The zero-order valence-corrected chi connectivity index (χ0v) is 18.3. The second kappa shape index (κ2) is 11.2. The Hall–Kier alpha value is -4.57. The fraction of sp³-hybridized carbons (Fsp3) is 0.115. The minimum atomic E-state index is -0.560. The molecule has 0 saturated heterocycles. The fourth-order valence-electron chi connectivity index (χ4n) is 2.95. The van der Waals surface area contributed by atoms with Crippen molar-refractivity contribution in [1.82, 2.24) is 0 Å². The van der Waals surface area contributed by atoms with Gasteiger partial charge in [0.1, 0.15) is 23.1 Å². The lowest BCUT2D eigenvalue weighted by atomic mass is 10.1. The minimum absolute atomic E-state index is 0.105. The fourth-order valence-corrected chi connectivity index (χ4v) is 2.95. The second-order valence-electron chi connectivity index (χ2n) is 7.04. The molecule has 0 fully saturated rings. The van der Waals surface area contributed by atoms with Gasteiger partial charge in [0, 0.05) is 16.9 Å². The highest BCUT2D eigenvalue weighted by Gasteiger charge is 2.12. The summed E-state index contributed by atoms with van der Waals surface area (Å²) >= 11 is 0. The number of carbonyl (C=O) groups is 2. The quantitative estimate of drug-likeness (QED) is 0.394. The van der Waals surface area contributed by atoms with Crippen LogP contribution in [0.4, 0.5) is 11.4 Å². The third-order valence-electron chi connectivity index (χ3n) is 4.71. The van der Waals surface area contributed by atoms with Crippen molar-refractivity contribution in [3.8, 4) is 17.6 Å². The molecule has 3 aromatic rings. The minimum Gasteiger partial charge on any atom is -0.497 e. The van der Waals surface area contributed by atoms with Crippen LogP contribution in [0.5, 0.6) is 11.5 Å². The van der Waals surface area contributed by atoms with Crippen molar-refractivity contribution >= 4 is 29.3 Å². The number of para-hydroxylation sites is 2. The second-order valence-corrected chi connectivity index (χ2v) is 7.04. The molecule has 0 atom stereocenters. The normalized spacial score (nSPS) is 10.6. The number of aryl methyl sites for hydroxylation is 1. The van der Waals surface area contributed by atoms with E-state index in [0.717, 1.165) is 5.56 Å². The maximum absolute atomic E-state index is 12.6. The average Bonchev–Trinajstić information content (AvgIpc) is 2.83. The molecule has 0 bridgehead atoms. The van der Waals surface area contributed by atoms with Crippen LogP contribution in [-0.4, -0.2) is 25.5 Å². The molecule has 7 heteroatoms. The van der Waals surface area contributed by atoms with E-state index in [2.05, 4.69) is 10.6 Å². The molecule has 2 N–H and O–H groups in total. The molecule has 0 aliphatic carbocycles. The summed E-state index contributed by atoms with van der Waals surface area (Å²) in [6, 6.07) is 23.0. The smallest absolute Gasteiger partial charge is 0.266 e. The zero-order valence-electron chi connectivity index (χ0n) is 18.3. The van der Waals surface area contributed by atoms with Gasteiger partial charge in [0.25, 0.3) is 11.8 Å². The van der Waals surface area contributed by atoms with Crippen LogP contribution in [0.3, 0.4) is 0 Å². The van der Waals surface area contributed by atoms with E-state index in [0.29, 0.717) is 28.4 Å². The summed E-state index contributed by atoms with van der Waals surface area (Å²) in [5.74, 6) is 0.152. The van der Waals surface area contributed by atoms with E-state index < -0.39 is 5.91 Å². The molecule has 7 nitrogen and oxygen atoms in total. The van der Waals surface area contributed by atoms with Crippen LogP contribution in [0, 0.1) is 18.3 Å². The average molecular weight is 441 g/mol. The highest BCUT2D eigenvalue weighted by atomic mass is 16.5. The molecule has 0 aromatic heterocycles. The Balaban J connectivity index is 1.69. The number of benzene rings is 3. The highest BCUT2D eigenvalue weighted by molar-refractivity contribution is 6.09. The van der Waals surface area contributed by atoms with Gasteiger partial charge in [-0.15, -0.1) is 0 Å². The number of methoxy groups -OCH3 is 1. The van der Waals surface area contributed by atoms with E-state index in [4.69, 9.17) is 9.47 Å². The summed E-state index contributed by atoms with van der Waals surface area (Å²) in [5, 5.41) is 15.0. The molecular formula is C26H23N3O4. The number of anilines is 2. The Morgan fingerprint density at radius 2 is 1.67 bits per heavy atom. The maximum Gasteiger partial charge on any atom is 0.266 e. The SMILES string of the molecule is COc1ccc(NC(=O)/C(C#N)=C\c2ccccc2OCC(=O)Nc2ccccc2C)cc1. The summed E-state index contributed by atoms with van der Waals surface area (Å²) in [7, 11) is 1.55. The Morgan fingerprint density at radius 3 is 2.36 bits per heavy atom. The van der Waals surface area contributed by atoms with Gasteiger partial charge in [-0.3, -0.25) is 9.59 Å². The number of rotatable bonds is 8. The Bertz CT molecular complexity index is 1210. The van der Waals surface area contributed by atoms with Crippen LogP contribution in [-0.2, 0) is 9.59 Å². The standard InChI is InChI=1S/C26H23N3O4/c1-18-7-3-5-9-23(18)29-25(30)17-33-24-10-6-4-8-19(24)15-20(16-27)26(31)28-21-11-13-22(32-2)14-12-21/h3-15H,17H2,1-2H3,(H,28,31)(H,29,30)/b20-15-. The number of nitrogens with one attached hydrogen (secondary N) is 2. The Labute approximate surface area is 192 Å². The third kappa shape index (κ3) is 6.45. The van der Waals surface area contributed by atoms with E-state index in [-0.39, 0.29) is 18.1 Å². The van der Waals surface area contributed by atoms with Crippen molar-refractivity contribution in [3.05, 3.63) is 89.5 Å². The molecule has 166 valence electrons. The molecule has 0 radical (unpaired) electrons. The van der Waals surface area contributed by atoms with Crippen molar-refractivity contribution in [1.29, 1.82) is 5.26 Å². The van der Waals surface area contributed by atoms with Crippen LogP contribution >= 0.6 is 0 Å². The van der Waals surface area contributed by atoms with Crippen LogP contribution in [0.2, 0.25) is 0 Å². The number of hydrogen-bond donors (Lipinski definition) is 2. The van der Waals surface area contributed by atoms with Crippen molar-refractivity contribution in [2.24, 2.45) is 0 Å². The number of hydrogen-bond acceptors (Lipinski definition) is 5. The first kappa shape index (κ1) is 23.1. The molecule has 0 spiro atoms. The first-order chi connectivity index (χ1) is 16.0. The van der Waals surface area contributed by atoms with Gasteiger partial charge in [-0.2, -0.15) is 5.26 Å². The van der Waals surface area contributed by atoms with Crippen molar-refractivity contribution in [2.75, 3.05) is 24.4 Å². The van der Waals surface area contributed by atoms with Gasteiger partial charge in [0.15, 0.2) is 6.61 Å². The third-order valence-corrected chi connectivity index (χ3v) is 4.71. The lowest BCUT2D eigenvalue weighted by molar-refractivity contribution is -0.118. The summed E-state index contributed by atoms with van der Waals surface area (Å²) < 4.78 is 10.8. The van der Waals surface area contributed by atoms with Crippen molar-refractivity contribution in [2.45, 2.75) is 6.92 Å². The molecule has 0 aliphatic rings. The Kier molecular flexibility index (Phi) is 7.81. The molecule has 0 saturated carbocycles. The molecule has 2 amide bonds. The number of amides is 2. The van der Waals surface area contributed by atoms with Gasteiger partial charge >= 0.3 is 0 Å². The topological polar surface area (TPSA) is 100 Å². The number of carbonyl (C=O) groups excluding carboxylic acids is 2. The zero-order chi connectivity index (χ0) is 23.6. The largest absolute Gasteiger partial charge is 0.497 e. The predicted molar refractivity (Wildman–Crippen MR) is 127 cm³/mol. The number of ether oxygens (including phenoxy) is 2. The maximum atomic E-state index is 12.6. The van der Waals surface area contributed by atoms with Crippen LogP contribution in [0.25, 0.3) is 6.08 Å². The molecule has 3 rings (SSSR count). The van der Waals surface area contributed by atoms with Crippen molar-refractivity contribution < 1.29 is 19.1 Å². The molecule has 3 aromatic carbocycles. The first-order valence-corrected chi connectivity index (χ1v) is 10.1. The molecule has 0 aliphatic heterocycles. The van der Waals surface area contributed by atoms with Gasteiger partial charge < -0.3 is 20.1 Å². The Morgan fingerprint density at radius 1 is 0.970 bits per heavy atom. The molecular weight excluding hydrogens is 418 g/mol. The van der Waals surface area contributed by atoms with Gasteiger partial charge in [0.05, 0.1) is 7.11 Å². The number of nitrogens with zero attached hydrogens (tertiary/aromatic N) is 1. The molecule has 0 unspecified atom stereocenters. The van der Waals surface area contributed by atoms with E-state index in [9.17, 15) is 14.9 Å². The predicted octanol–water partition coefficient (Wildman–Crippen LogP) is 4.57. The molecule has 33 heavy (non-hydrogen) atoms. The first-order valence-electron chi connectivity index (χ1n) is 10.1. The lowest BCUT2D eigenvalue weighted by Gasteiger charge is -2.11. The summed E-state index contributed by atoms with van der Waals surface area (Å²) in [6.07, 6.45) is 1.42. The van der Waals surface area contributed by atoms with Gasteiger partial charge in [-0.05, 0) is 55.0 Å². The highest BCUT2D eigenvalue weighted by Crippen LogP contribution is 2.22. The van der Waals surface area contributed by atoms with E-state index >= 15 is 0 Å². The summed E-state index contributed by atoms with van der Waals surface area (Å²) in [4.78, 5) is 24.9. The van der Waals surface area contributed by atoms with Crippen LogP contribution < -0.4 is 20.1 Å². The number of nitriles is 1.